The quantitative estimate of drug-likeness (QED) is 0.515. The normalized spacial score (nSPS) is 16.5. The molecule has 1 saturated heterocycles. The van der Waals surface area contributed by atoms with Crippen LogP contribution in [0.4, 0.5) is 13.2 Å². The molecule has 8 nitrogen and oxygen atoms in total. The van der Waals surface area contributed by atoms with Crippen LogP contribution < -0.4 is 10.2 Å². The minimum Gasteiger partial charge on any atom is -0.480 e. The van der Waals surface area contributed by atoms with E-state index in [1.807, 2.05) is 0 Å². The van der Waals surface area contributed by atoms with Crippen LogP contribution >= 0.6 is 0 Å². The highest BCUT2D eigenvalue weighted by atomic mass is 19.4. The van der Waals surface area contributed by atoms with E-state index in [0.717, 1.165) is 11.1 Å². The van der Waals surface area contributed by atoms with Gasteiger partial charge in [0.25, 0.3) is 5.91 Å². The van der Waals surface area contributed by atoms with Crippen molar-refractivity contribution in [1.29, 1.82) is 0 Å². The molecular formula is C24H22F3N5O3. The van der Waals surface area contributed by atoms with Crippen molar-refractivity contribution in [2.75, 3.05) is 13.7 Å². The highest BCUT2D eigenvalue weighted by Gasteiger charge is 2.39. The molecule has 0 bridgehead atoms. The number of nitrogens with one attached hydrogen (secondary N) is 2. The minimum atomic E-state index is -4.58. The van der Waals surface area contributed by atoms with Crippen LogP contribution in [0.1, 0.15) is 35.6 Å². The molecule has 3 heterocycles. The van der Waals surface area contributed by atoms with Crippen LogP contribution in [-0.4, -0.2) is 45.4 Å². The first kappa shape index (κ1) is 24.0. The Hall–Kier alpha value is -4.15. The highest BCUT2D eigenvalue weighted by Crippen LogP contribution is 2.38. The molecule has 3 aromatic rings. The lowest BCUT2D eigenvalue weighted by Crippen LogP contribution is -2.50. The zero-order valence-electron chi connectivity index (χ0n) is 18.7. The van der Waals surface area contributed by atoms with E-state index in [4.69, 9.17) is 4.74 Å². The number of piperidine rings is 1. The van der Waals surface area contributed by atoms with Gasteiger partial charge in [0.05, 0.1) is 29.8 Å². The molecule has 1 aliphatic heterocycles. The second-order valence-corrected chi connectivity index (χ2v) is 7.81. The molecule has 1 unspecified atom stereocenters. The molecule has 1 atom stereocenters. The van der Waals surface area contributed by atoms with Gasteiger partial charge in [-0.05, 0) is 42.7 Å². The summed E-state index contributed by atoms with van der Waals surface area (Å²) in [6.07, 6.45) is 2.02. The summed E-state index contributed by atoms with van der Waals surface area (Å²) < 4.78 is 45.6. The summed E-state index contributed by atoms with van der Waals surface area (Å²) in [5.74, 6) is -1.31. The monoisotopic (exact) mass is 485 g/mol. The van der Waals surface area contributed by atoms with Crippen molar-refractivity contribution < 1.29 is 27.5 Å². The standard InChI is InChI=1S/C24H22F3N5O3/c1-35-22-18(21-28-12-13-29-21)10-8-15(30-22)9-11-20(33)31-32-14-4-6-17(23(32)34)16-5-2-3-7-19(16)24(25,26)27/h2-3,5,7-13,17H,4,6,14H2,1H3,(H,28,29)(H,31,33)/b11-9+. The minimum absolute atomic E-state index is 0.0903. The van der Waals surface area contributed by atoms with Crippen LogP contribution in [0.15, 0.2) is 54.9 Å². The van der Waals surface area contributed by atoms with E-state index in [0.29, 0.717) is 29.4 Å². The molecule has 2 N–H and O–H groups in total. The number of carbonyl (C=O) groups excluding carboxylic acids is 2. The summed E-state index contributed by atoms with van der Waals surface area (Å²) in [4.78, 5) is 36.8. The fourth-order valence-electron chi connectivity index (χ4n) is 3.96. The third-order valence-electron chi connectivity index (χ3n) is 5.56. The Morgan fingerprint density at radius 1 is 1.26 bits per heavy atom. The SMILES string of the molecule is COc1nc(/C=C/C(=O)NN2CCCC(c3ccccc3C(F)(F)F)C2=O)ccc1-c1ncc[nH]1. The summed E-state index contributed by atoms with van der Waals surface area (Å²) in [5, 5.41) is 1.07. The van der Waals surface area contributed by atoms with Crippen LogP contribution in [0.25, 0.3) is 17.5 Å². The Balaban J connectivity index is 1.45. The first-order valence-corrected chi connectivity index (χ1v) is 10.8. The lowest BCUT2D eigenvalue weighted by Gasteiger charge is -2.33. The van der Waals surface area contributed by atoms with Crippen molar-refractivity contribution >= 4 is 17.9 Å². The molecule has 1 aliphatic rings. The number of aromatic nitrogens is 3. The van der Waals surface area contributed by atoms with Crippen molar-refractivity contribution in [2.24, 2.45) is 0 Å². The Kier molecular flexibility index (Phi) is 6.85. The number of hydrogen-bond donors (Lipinski definition) is 2. The van der Waals surface area contributed by atoms with E-state index in [1.54, 1.807) is 24.5 Å². The number of halogens is 3. The summed E-state index contributed by atoms with van der Waals surface area (Å²) in [6, 6.07) is 8.42. The van der Waals surface area contributed by atoms with Crippen LogP contribution in [0.3, 0.4) is 0 Å². The third kappa shape index (κ3) is 5.34. The number of rotatable bonds is 6. The number of carbonyl (C=O) groups is 2. The summed E-state index contributed by atoms with van der Waals surface area (Å²) in [7, 11) is 1.46. The fraction of sp³-hybridized carbons (Fsp3) is 0.250. The number of amides is 2. The number of imidazole rings is 1. The Morgan fingerprint density at radius 2 is 2.06 bits per heavy atom. The van der Waals surface area contributed by atoms with Crippen LogP contribution in [-0.2, 0) is 15.8 Å². The molecular weight excluding hydrogens is 463 g/mol. The molecule has 182 valence electrons. The maximum absolute atomic E-state index is 13.4. The average molecular weight is 485 g/mol. The van der Waals surface area contributed by atoms with Gasteiger partial charge in [-0.1, -0.05) is 18.2 Å². The Morgan fingerprint density at radius 3 is 2.77 bits per heavy atom. The lowest BCUT2D eigenvalue weighted by atomic mass is 9.87. The van der Waals surface area contributed by atoms with Gasteiger partial charge in [0, 0.05) is 25.0 Å². The van der Waals surface area contributed by atoms with Gasteiger partial charge in [0.15, 0.2) is 0 Å². The van der Waals surface area contributed by atoms with Crippen molar-refractivity contribution in [3.8, 4) is 17.3 Å². The second kappa shape index (κ2) is 10.00. The molecule has 4 rings (SSSR count). The van der Waals surface area contributed by atoms with Crippen molar-refractivity contribution in [2.45, 2.75) is 24.9 Å². The van der Waals surface area contributed by atoms with E-state index in [1.165, 1.54) is 37.5 Å². The maximum atomic E-state index is 13.4. The van der Waals surface area contributed by atoms with E-state index in [9.17, 15) is 22.8 Å². The number of benzene rings is 1. The number of hydrogen-bond acceptors (Lipinski definition) is 5. The van der Waals surface area contributed by atoms with Gasteiger partial charge in [-0.15, -0.1) is 0 Å². The van der Waals surface area contributed by atoms with Crippen LogP contribution in [0, 0.1) is 0 Å². The van der Waals surface area contributed by atoms with Gasteiger partial charge in [-0.2, -0.15) is 13.2 Å². The molecule has 11 heteroatoms. The van der Waals surface area contributed by atoms with Crippen molar-refractivity contribution in [3.05, 3.63) is 71.7 Å². The summed E-state index contributed by atoms with van der Waals surface area (Å²) in [6.45, 7) is 0.201. The smallest absolute Gasteiger partial charge is 0.416 e. The molecule has 1 aromatic carbocycles. The van der Waals surface area contributed by atoms with E-state index >= 15 is 0 Å². The topological polar surface area (TPSA) is 100 Å². The predicted molar refractivity (Wildman–Crippen MR) is 121 cm³/mol. The third-order valence-corrected chi connectivity index (χ3v) is 5.56. The van der Waals surface area contributed by atoms with Gasteiger partial charge in [-0.25, -0.2) is 9.97 Å². The number of ether oxygens (including phenoxy) is 1. The van der Waals surface area contributed by atoms with Gasteiger partial charge in [0.2, 0.25) is 11.8 Å². The molecule has 0 spiro atoms. The van der Waals surface area contributed by atoms with Gasteiger partial charge < -0.3 is 9.72 Å². The lowest BCUT2D eigenvalue weighted by molar-refractivity contribution is -0.145. The first-order chi connectivity index (χ1) is 16.8. The highest BCUT2D eigenvalue weighted by molar-refractivity contribution is 5.94. The van der Waals surface area contributed by atoms with E-state index < -0.39 is 29.5 Å². The van der Waals surface area contributed by atoms with Crippen molar-refractivity contribution in [3.63, 3.8) is 0 Å². The summed E-state index contributed by atoms with van der Waals surface area (Å²) in [5.41, 5.74) is 2.60. The molecule has 0 radical (unpaired) electrons. The van der Waals surface area contributed by atoms with E-state index in [-0.39, 0.29) is 18.5 Å². The predicted octanol–water partition coefficient (Wildman–Crippen LogP) is 3.95. The number of H-pyrrole nitrogens is 1. The molecule has 2 aromatic heterocycles. The van der Waals surface area contributed by atoms with Crippen LogP contribution in [0.2, 0.25) is 0 Å². The number of methoxy groups -OCH3 is 1. The maximum Gasteiger partial charge on any atom is 0.416 e. The number of aromatic amines is 1. The second-order valence-electron chi connectivity index (χ2n) is 7.81. The van der Waals surface area contributed by atoms with Gasteiger partial charge >= 0.3 is 6.18 Å². The number of pyridine rings is 1. The fourth-order valence-corrected chi connectivity index (χ4v) is 3.96. The number of nitrogens with zero attached hydrogens (tertiary/aromatic N) is 3. The first-order valence-electron chi connectivity index (χ1n) is 10.8. The van der Waals surface area contributed by atoms with Crippen molar-refractivity contribution in [1.82, 2.24) is 25.4 Å². The number of hydrazine groups is 1. The Labute approximate surface area is 198 Å². The Bertz CT molecular complexity index is 1240. The zero-order valence-corrected chi connectivity index (χ0v) is 18.7. The van der Waals surface area contributed by atoms with Gasteiger partial charge in [-0.3, -0.25) is 20.0 Å². The molecule has 1 fully saturated rings. The molecule has 0 saturated carbocycles. The zero-order chi connectivity index (χ0) is 25.0. The average Bonchev–Trinajstić information content (AvgIpc) is 3.38. The van der Waals surface area contributed by atoms with Crippen LogP contribution in [0.5, 0.6) is 5.88 Å². The summed E-state index contributed by atoms with van der Waals surface area (Å²) >= 11 is 0. The molecule has 35 heavy (non-hydrogen) atoms. The van der Waals surface area contributed by atoms with E-state index in [2.05, 4.69) is 20.4 Å². The molecule has 2 amide bonds. The van der Waals surface area contributed by atoms with Gasteiger partial charge in [0.1, 0.15) is 5.82 Å². The number of alkyl halides is 3. The molecule has 0 aliphatic carbocycles. The largest absolute Gasteiger partial charge is 0.480 e.